The number of halogens is 1. The molecule has 0 aliphatic rings. The molecule has 3 aromatic rings. The molecule has 0 radical (unpaired) electrons. The van der Waals surface area contributed by atoms with Crippen molar-refractivity contribution in [3.05, 3.63) is 63.8 Å². The lowest BCUT2D eigenvalue weighted by molar-refractivity contribution is -0.120. The summed E-state index contributed by atoms with van der Waals surface area (Å²) in [5.41, 5.74) is 0.818. The van der Waals surface area contributed by atoms with E-state index in [2.05, 4.69) is 11.4 Å². The molecule has 0 saturated heterocycles. The van der Waals surface area contributed by atoms with Gasteiger partial charge in [0, 0.05) is 17.1 Å². The molecule has 124 valence electrons. The number of hydrogen-bond donors (Lipinski definition) is 1. The van der Waals surface area contributed by atoms with E-state index in [-0.39, 0.29) is 11.9 Å². The minimum Gasteiger partial charge on any atom is -0.325 e. The summed E-state index contributed by atoms with van der Waals surface area (Å²) in [6.45, 7) is 2.61. The van der Waals surface area contributed by atoms with Crippen LogP contribution in [0, 0.1) is 0 Å². The Kier molecular flexibility index (Phi) is 5.19. The molecule has 24 heavy (non-hydrogen) atoms. The maximum atomic E-state index is 12.5. The van der Waals surface area contributed by atoms with Crippen molar-refractivity contribution in [3.8, 4) is 0 Å². The number of carbonyl (C=O) groups excluding carboxylic acids is 1. The van der Waals surface area contributed by atoms with Crippen LogP contribution in [0.15, 0.2) is 54.6 Å². The van der Waals surface area contributed by atoms with E-state index in [9.17, 15) is 4.79 Å². The Labute approximate surface area is 150 Å². The van der Waals surface area contributed by atoms with Crippen molar-refractivity contribution >= 4 is 45.3 Å². The van der Waals surface area contributed by atoms with Crippen molar-refractivity contribution in [3.63, 3.8) is 0 Å². The van der Waals surface area contributed by atoms with Gasteiger partial charge in [-0.3, -0.25) is 9.69 Å². The van der Waals surface area contributed by atoms with E-state index in [0.717, 1.165) is 25.7 Å². The number of carbonyl (C=O) groups is 1. The number of nitrogens with one attached hydrogen (secondary N) is 1. The van der Waals surface area contributed by atoms with Gasteiger partial charge >= 0.3 is 0 Å². The topological polar surface area (TPSA) is 32.3 Å². The van der Waals surface area contributed by atoms with Gasteiger partial charge in [0.15, 0.2) is 0 Å². The van der Waals surface area contributed by atoms with Crippen LogP contribution in [0.1, 0.15) is 11.8 Å². The number of amides is 1. The summed E-state index contributed by atoms with van der Waals surface area (Å²) in [5.74, 6) is -0.0181. The maximum Gasteiger partial charge on any atom is 0.241 e. The second-order valence-corrected chi connectivity index (χ2v) is 7.65. The van der Waals surface area contributed by atoms with Gasteiger partial charge in [0.05, 0.1) is 10.4 Å². The molecular formula is C19H19ClN2OS. The highest BCUT2D eigenvalue weighted by Crippen LogP contribution is 2.23. The van der Waals surface area contributed by atoms with E-state index in [1.807, 2.05) is 67.4 Å². The summed E-state index contributed by atoms with van der Waals surface area (Å²) in [4.78, 5) is 15.7. The first-order chi connectivity index (χ1) is 11.5. The van der Waals surface area contributed by atoms with Gasteiger partial charge in [-0.15, -0.1) is 11.3 Å². The molecule has 1 N–H and O–H groups in total. The molecule has 0 unspecified atom stereocenters. The molecule has 2 aromatic carbocycles. The first-order valence-electron chi connectivity index (χ1n) is 7.77. The summed E-state index contributed by atoms with van der Waals surface area (Å²) in [6, 6.07) is 17.7. The summed E-state index contributed by atoms with van der Waals surface area (Å²) in [5, 5.41) is 5.28. The lowest BCUT2D eigenvalue weighted by Crippen LogP contribution is -2.39. The molecule has 3 rings (SSSR count). The van der Waals surface area contributed by atoms with Gasteiger partial charge in [-0.2, -0.15) is 0 Å². The summed E-state index contributed by atoms with van der Waals surface area (Å²) >= 11 is 7.50. The lowest BCUT2D eigenvalue weighted by atomic mass is 10.1. The second kappa shape index (κ2) is 7.34. The van der Waals surface area contributed by atoms with Gasteiger partial charge in [0.1, 0.15) is 0 Å². The minimum absolute atomic E-state index is 0.0181. The molecule has 3 nitrogen and oxygen atoms in total. The van der Waals surface area contributed by atoms with Gasteiger partial charge in [-0.05, 0) is 49.0 Å². The Morgan fingerprint density at radius 1 is 1.17 bits per heavy atom. The van der Waals surface area contributed by atoms with E-state index in [4.69, 9.17) is 11.6 Å². The van der Waals surface area contributed by atoms with Crippen LogP contribution in [0.2, 0.25) is 4.34 Å². The fourth-order valence-corrected chi connectivity index (χ4v) is 3.68. The fraction of sp³-hybridized carbons (Fsp3) is 0.211. The third kappa shape index (κ3) is 3.96. The Balaban J connectivity index is 1.66. The largest absolute Gasteiger partial charge is 0.325 e. The smallest absolute Gasteiger partial charge is 0.241 e. The fourth-order valence-electron chi connectivity index (χ4n) is 2.53. The number of likely N-dealkylation sites (N-methyl/N-ethyl adjacent to an activating group) is 1. The highest BCUT2D eigenvalue weighted by molar-refractivity contribution is 7.16. The predicted octanol–water partition coefficient (Wildman–Crippen LogP) is 5.01. The highest BCUT2D eigenvalue weighted by atomic mass is 35.5. The number of fused-ring (bicyclic) bond motifs is 1. The zero-order chi connectivity index (χ0) is 17.1. The summed E-state index contributed by atoms with van der Waals surface area (Å²) < 4.78 is 0.770. The third-order valence-corrected chi connectivity index (χ3v) is 5.31. The van der Waals surface area contributed by atoms with Crippen molar-refractivity contribution < 1.29 is 4.79 Å². The predicted molar refractivity (Wildman–Crippen MR) is 103 cm³/mol. The number of rotatable bonds is 5. The van der Waals surface area contributed by atoms with E-state index in [0.29, 0.717) is 6.54 Å². The van der Waals surface area contributed by atoms with Crippen LogP contribution >= 0.6 is 22.9 Å². The Morgan fingerprint density at radius 3 is 2.62 bits per heavy atom. The van der Waals surface area contributed by atoms with E-state index < -0.39 is 0 Å². The molecule has 1 aromatic heterocycles. The van der Waals surface area contributed by atoms with Gasteiger partial charge in [-0.1, -0.05) is 41.9 Å². The van der Waals surface area contributed by atoms with Gasteiger partial charge in [0.25, 0.3) is 0 Å². The van der Waals surface area contributed by atoms with Gasteiger partial charge < -0.3 is 5.32 Å². The Hall–Kier alpha value is -1.88. The highest BCUT2D eigenvalue weighted by Gasteiger charge is 2.19. The number of hydrogen-bond acceptors (Lipinski definition) is 3. The van der Waals surface area contributed by atoms with Crippen molar-refractivity contribution in [2.45, 2.75) is 19.5 Å². The van der Waals surface area contributed by atoms with E-state index in [1.54, 1.807) is 11.3 Å². The van der Waals surface area contributed by atoms with E-state index in [1.165, 1.54) is 0 Å². The first kappa shape index (κ1) is 17.0. The standard InChI is InChI=1S/C19H19ClN2OS/c1-13(22(2)12-17-9-10-18(20)24-17)19(23)21-16-8-7-14-5-3-4-6-15(14)11-16/h3-11,13H,12H2,1-2H3,(H,21,23)/t13-/m0/s1. The summed E-state index contributed by atoms with van der Waals surface area (Å²) in [6.07, 6.45) is 0. The first-order valence-corrected chi connectivity index (χ1v) is 8.96. The molecule has 0 fully saturated rings. The van der Waals surface area contributed by atoms with Crippen molar-refractivity contribution in [1.82, 2.24) is 4.90 Å². The number of thiophene rings is 1. The average molecular weight is 359 g/mol. The number of nitrogens with zero attached hydrogens (tertiary/aromatic N) is 1. The zero-order valence-electron chi connectivity index (χ0n) is 13.6. The maximum absolute atomic E-state index is 12.5. The Morgan fingerprint density at radius 2 is 1.92 bits per heavy atom. The van der Waals surface area contributed by atoms with Crippen molar-refractivity contribution in [2.24, 2.45) is 0 Å². The van der Waals surface area contributed by atoms with Crippen LogP contribution < -0.4 is 5.32 Å². The molecule has 1 amide bonds. The van der Waals surface area contributed by atoms with Crippen LogP contribution in [0.25, 0.3) is 10.8 Å². The molecule has 0 saturated carbocycles. The monoisotopic (exact) mass is 358 g/mol. The molecule has 5 heteroatoms. The second-order valence-electron chi connectivity index (χ2n) is 5.85. The molecule has 0 aliphatic heterocycles. The SMILES string of the molecule is C[C@@H](C(=O)Nc1ccc2ccccc2c1)N(C)Cc1ccc(Cl)s1. The molecule has 1 heterocycles. The van der Waals surface area contributed by atoms with Crippen LogP contribution in [-0.2, 0) is 11.3 Å². The number of anilines is 1. The Bertz CT molecular complexity index is 861. The number of benzene rings is 2. The normalized spacial score (nSPS) is 12.5. The van der Waals surface area contributed by atoms with Crippen LogP contribution in [0.5, 0.6) is 0 Å². The van der Waals surface area contributed by atoms with Crippen LogP contribution in [0.4, 0.5) is 5.69 Å². The molecule has 0 spiro atoms. The van der Waals surface area contributed by atoms with Gasteiger partial charge in [-0.25, -0.2) is 0 Å². The lowest BCUT2D eigenvalue weighted by Gasteiger charge is -2.23. The third-order valence-electron chi connectivity index (χ3n) is 4.09. The minimum atomic E-state index is -0.239. The van der Waals surface area contributed by atoms with Crippen molar-refractivity contribution in [2.75, 3.05) is 12.4 Å². The molecule has 0 aliphatic carbocycles. The quantitative estimate of drug-likeness (QED) is 0.695. The van der Waals surface area contributed by atoms with Gasteiger partial charge in [0.2, 0.25) is 5.91 Å². The summed E-state index contributed by atoms with van der Waals surface area (Å²) in [7, 11) is 1.94. The zero-order valence-corrected chi connectivity index (χ0v) is 15.2. The van der Waals surface area contributed by atoms with E-state index >= 15 is 0 Å². The molecule has 1 atom stereocenters. The van der Waals surface area contributed by atoms with Crippen LogP contribution in [0.3, 0.4) is 0 Å². The average Bonchev–Trinajstić information content (AvgIpc) is 2.98. The van der Waals surface area contributed by atoms with Crippen LogP contribution in [-0.4, -0.2) is 23.9 Å². The molecular weight excluding hydrogens is 340 g/mol. The molecule has 0 bridgehead atoms. The van der Waals surface area contributed by atoms with Crippen molar-refractivity contribution in [1.29, 1.82) is 0 Å².